The van der Waals surface area contributed by atoms with Gasteiger partial charge in [0, 0.05) is 18.4 Å². The molecule has 2 nitrogen and oxygen atoms in total. The van der Waals surface area contributed by atoms with Gasteiger partial charge in [-0.15, -0.1) is 0 Å². The molecule has 0 unspecified atom stereocenters. The van der Waals surface area contributed by atoms with Crippen molar-refractivity contribution in [3.63, 3.8) is 0 Å². The summed E-state index contributed by atoms with van der Waals surface area (Å²) in [4.78, 5) is 0. The standard InChI is InChI=1S/C13H21NO/c1-9(2)13(8-15)7-12-6-10(3)14(5)11(12)4/h6-7,9,15H,8H2,1-5H3. The van der Waals surface area contributed by atoms with Crippen molar-refractivity contribution in [1.29, 1.82) is 0 Å². The number of aryl methyl sites for hydroxylation is 1. The maximum absolute atomic E-state index is 9.25. The lowest BCUT2D eigenvalue weighted by Gasteiger charge is -2.07. The highest BCUT2D eigenvalue weighted by Crippen LogP contribution is 2.19. The molecule has 0 fully saturated rings. The zero-order chi connectivity index (χ0) is 11.6. The van der Waals surface area contributed by atoms with Gasteiger partial charge in [0.1, 0.15) is 0 Å². The number of nitrogens with zero attached hydrogens (tertiary/aromatic N) is 1. The number of rotatable bonds is 3. The van der Waals surface area contributed by atoms with Crippen molar-refractivity contribution in [2.75, 3.05) is 6.61 Å². The van der Waals surface area contributed by atoms with Crippen molar-refractivity contribution in [1.82, 2.24) is 4.57 Å². The number of aliphatic hydroxyl groups is 1. The fourth-order valence-corrected chi connectivity index (χ4v) is 1.63. The van der Waals surface area contributed by atoms with Crippen molar-refractivity contribution in [2.45, 2.75) is 27.7 Å². The SMILES string of the molecule is Cc1cc(C=C(CO)C(C)C)c(C)n1C. The van der Waals surface area contributed by atoms with Gasteiger partial charge in [0.2, 0.25) is 0 Å². The Labute approximate surface area is 92.2 Å². The van der Waals surface area contributed by atoms with Gasteiger partial charge in [-0.1, -0.05) is 19.9 Å². The average Bonchev–Trinajstić information content (AvgIpc) is 2.42. The Hall–Kier alpha value is -1.02. The van der Waals surface area contributed by atoms with Gasteiger partial charge in [0.25, 0.3) is 0 Å². The van der Waals surface area contributed by atoms with Crippen LogP contribution in [0.15, 0.2) is 11.6 Å². The van der Waals surface area contributed by atoms with Crippen LogP contribution < -0.4 is 0 Å². The number of aliphatic hydroxyl groups excluding tert-OH is 1. The Morgan fingerprint density at radius 3 is 2.40 bits per heavy atom. The summed E-state index contributed by atoms with van der Waals surface area (Å²) < 4.78 is 2.17. The number of aromatic nitrogens is 1. The lowest BCUT2D eigenvalue weighted by molar-refractivity contribution is 0.320. The summed E-state index contributed by atoms with van der Waals surface area (Å²) in [6.45, 7) is 8.55. The van der Waals surface area contributed by atoms with Crippen molar-refractivity contribution in [3.05, 3.63) is 28.6 Å². The molecule has 0 aliphatic rings. The van der Waals surface area contributed by atoms with Crippen LogP contribution in [0.5, 0.6) is 0 Å². The molecule has 0 saturated carbocycles. The third-order valence-corrected chi connectivity index (χ3v) is 3.08. The van der Waals surface area contributed by atoms with Gasteiger partial charge in [0.15, 0.2) is 0 Å². The molecule has 0 bridgehead atoms. The minimum atomic E-state index is 0.144. The highest BCUT2D eigenvalue weighted by molar-refractivity contribution is 5.57. The van der Waals surface area contributed by atoms with E-state index in [1.54, 1.807) is 0 Å². The van der Waals surface area contributed by atoms with E-state index in [0.717, 1.165) is 5.57 Å². The molecule has 1 N–H and O–H groups in total. The van der Waals surface area contributed by atoms with Gasteiger partial charge in [-0.05, 0) is 37.0 Å². The predicted octanol–water partition coefficient (Wildman–Crippen LogP) is 2.67. The van der Waals surface area contributed by atoms with E-state index in [9.17, 15) is 5.11 Å². The van der Waals surface area contributed by atoms with Gasteiger partial charge >= 0.3 is 0 Å². The van der Waals surface area contributed by atoms with Gasteiger partial charge in [-0.3, -0.25) is 0 Å². The lowest BCUT2D eigenvalue weighted by atomic mass is 10.0. The molecule has 2 heteroatoms. The molecule has 1 aromatic rings. The topological polar surface area (TPSA) is 25.2 Å². The molecule has 0 aromatic carbocycles. The predicted molar refractivity (Wildman–Crippen MR) is 64.8 cm³/mol. The molecule has 0 radical (unpaired) electrons. The van der Waals surface area contributed by atoms with E-state index in [4.69, 9.17) is 0 Å². The minimum absolute atomic E-state index is 0.144. The second kappa shape index (κ2) is 4.67. The van der Waals surface area contributed by atoms with Gasteiger partial charge in [0.05, 0.1) is 6.61 Å². The molecular formula is C13H21NO. The molecular weight excluding hydrogens is 186 g/mol. The first kappa shape index (κ1) is 12.1. The monoisotopic (exact) mass is 207 g/mol. The largest absolute Gasteiger partial charge is 0.392 e. The van der Waals surface area contributed by atoms with Crippen LogP contribution in [0.2, 0.25) is 0 Å². The van der Waals surface area contributed by atoms with E-state index >= 15 is 0 Å². The normalized spacial score (nSPS) is 12.6. The van der Waals surface area contributed by atoms with Crippen LogP contribution in [0.3, 0.4) is 0 Å². The van der Waals surface area contributed by atoms with E-state index in [0.29, 0.717) is 5.92 Å². The van der Waals surface area contributed by atoms with Gasteiger partial charge < -0.3 is 9.67 Å². The van der Waals surface area contributed by atoms with E-state index in [1.165, 1.54) is 17.0 Å². The first-order valence-corrected chi connectivity index (χ1v) is 5.41. The first-order chi connectivity index (χ1) is 6.97. The van der Waals surface area contributed by atoms with Crippen LogP contribution in [0.4, 0.5) is 0 Å². The molecule has 1 rings (SSSR count). The lowest BCUT2D eigenvalue weighted by Crippen LogP contribution is -1.99. The molecule has 0 spiro atoms. The van der Waals surface area contributed by atoms with Crippen LogP contribution >= 0.6 is 0 Å². The zero-order valence-corrected chi connectivity index (χ0v) is 10.3. The Morgan fingerprint density at radius 2 is 2.07 bits per heavy atom. The molecule has 0 amide bonds. The first-order valence-electron chi connectivity index (χ1n) is 5.41. The summed E-state index contributed by atoms with van der Waals surface area (Å²) in [6, 6.07) is 2.16. The molecule has 0 aliphatic carbocycles. The molecule has 0 atom stereocenters. The van der Waals surface area contributed by atoms with Crippen molar-refractivity contribution in [3.8, 4) is 0 Å². The molecule has 0 saturated heterocycles. The number of hydrogen-bond donors (Lipinski definition) is 1. The summed E-state index contributed by atoms with van der Waals surface area (Å²) in [6.07, 6.45) is 2.10. The Balaban J connectivity index is 3.12. The Bertz CT molecular complexity index is 372. The maximum Gasteiger partial charge on any atom is 0.0647 e. The third kappa shape index (κ3) is 2.51. The zero-order valence-electron chi connectivity index (χ0n) is 10.3. The Kier molecular flexibility index (Phi) is 3.75. The smallest absolute Gasteiger partial charge is 0.0647 e. The summed E-state index contributed by atoms with van der Waals surface area (Å²) in [5.41, 5.74) is 4.80. The molecule has 1 heterocycles. The second-order valence-electron chi connectivity index (χ2n) is 4.42. The molecule has 0 aliphatic heterocycles. The summed E-state index contributed by atoms with van der Waals surface area (Å²) >= 11 is 0. The van der Waals surface area contributed by atoms with E-state index in [1.807, 2.05) is 0 Å². The van der Waals surface area contributed by atoms with Crippen molar-refractivity contribution >= 4 is 6.08 Å². The Morgan fingerprint density at radius 1 is 1.47 bits per heavy atom. The summed E-state index contributed by atoms with van der Waals surface area (Å²) in [5.74, 6) is 0.398. The highest BCUT2D eigenvalue weighted by atomic mass is 16.3. The fraction of sp³-hybridized carbons (Fsp3) is 0.538. The highest BCUT2D eigenvalue weighted by Gasteiger charge is 2.07. The maximum atomic E-state index is 9.25. The van der Waals surface area contributed by atoms with E-state index in [-0.39, 0.29) is 6.61 Å². The van der Waals surface area contributed by atoms with Gasteiger partial charge in [-0.2, -0.15) is 0 Å². The second-order valence-corrected chi connectivity index (χ2v) is 4.42. The molecule has 1 aromatic heterocycles. The van der Waals surface area contributed by atoms with Crippen LogP contribution in [0, 0.1) is 19.8 Å². The van der Waals surface area contributed by atoms with Crippen molar-refractivity contribution < 1.29 is 5.11 Å². The van der Waals surface area contributed by atoms with Gasteiger partial charge in [-0.25, -0.2) is 0 Å². The number of hydrogen-bond acceptors (Lipinski definition) is 1. The fourth-order valence-electron chi connectivity index (χ4n) is 1.63. The van der Waals surface area contributed by atoms with Crippen LogP contribution in [-0.2, 0) is 7.05 Å². The minimum Gasteiger partial charge on any atom is -0.392 e. The van der Waals surface area contributed by atoms with Crippen LogP contribution in [0.25, 0.3) is 6.08 Å². The van der Waals surface area contributed by atoms with Crippen LogP contribution in [0.1, 0.15) is 30.8 Å². The summed E-state index contributed by atoms with van der Waals surface area (Å²) in [5, 5.41) is 9.25. The quantitative estimate of drug-likeness (QED) is 0.810. The average molecular weight is 207 g/mol. The molecule has 84 valence electrons. The van der Waals surface area contributed by atoms with Crippen LogP contribution in [-0.4, -0.2) is 16.3 Å². The van der Waals surface area contributed by atoms with E-state index in [2.05, 4.69) is 51.5 Å². The van der Waals surface area contributed by atoms with Crippen molar-refractivity contribution in [2.24, 2.45) is 13.0 Å². The molecule has 15 heavy (non-hydrogen) atoms. The third-order valence-electron chi connectivity index (χ3n) is 3.08. The van der Waals surface area contributed by atoms with E-state index < -0.39 is 0 Å². The summed E-state index contributed by atoms with van der Waals surface area (Å²) in [7, 11) is 2.07.